The smallest absolute Gasteiger partial charge is 0.0544 e. The first-order valence-electron chi connectivity index (χ1n) is 7.99. The molecule has 4 aromatic carbocycles. The fourth-order valence-corrected chi connectivity index (χ4v) is 3.96. The van der Waals surface area contributed by atoms with Gasteiger partial charge in [-0.3, -0.25) is 0 Å². The highest BCUT2D eigenvalue weighted by Gasteiger charge is 2.11. The van der Waals surface area contributed by atoms with Crippen molar-refractivity contribution in [3.8, 4) is 11.1 Å². The Balaban J connectivity index is 1.92. The van der Waals surface area contributed by atoms with Crippen molar-refractivity contribution in [3.05, 3.63) is 83.3 Å². The van der Waals surface area contributed by atoms with Gasteiger partial charge in [0, 0.05) is 26.2 Å². The van der Waals surface area contributed by atoms with Crippen molar-refractivity contribution >= 4 is 48.5 Å². The highest BCUT2D eigenvalue weighted by Crippen LogP contribution is 2.36. The molecule has 0 saturated carbocycles. The van der Waals surface area contributed by atoms with Gasteiger partial charge in [-0.15, -0.1) is 0 Å². The van der Waals surface area contributed by atoms with Gasteiger partial charge in [0.25, 0.3) is 0 Å². The third-order valence-electron chi connectivity index (χ3n) is 4.67. The molecule has 1 N–H and O–H groups in total. The fourth-order valence-electron chi connectivity index (χ4n) is 3.56. The van der Waals surface area contributed by atoms with E-state index in [0.29, 0.717) is 0 Å². The molecule has 2 heteroatoms. The van der Waals surface area contributed by atoms with Crippen LogP contribution in [0.25, 0.3) is 43.7 Å². The average molecular weight is 372 g/mol. The van der Waals surface area contributed by atoms with Crippen LogP contribution in [0.1, 0.15) is 0 Å². The summed E-state index contributed by atoms with van der Waals surface area (Å²) < 4.78 is 1.10. The number of aromatic nitrogens is 1. The quantitative estimate of drug-likeness (QED) is 0.329. The topological polar surface area (TPSA) is 15.8 Å². The van der Waals surface area contributed by atoms with E-state index in [2.05, 4.69) is 99.8 Å². The number of para-hydroxylation sites is 1. The minimum atomic E-state index is 1.10. The number of fused-ring (bicyclic) bond motifs is 5. The van der Waals surface area contributed by atoms with Gasteiger partial charge in [-0.2, -0.15) is 0 Å². The third kappa shape index (κ3) is 2.00. The molecule has 0 fully saturated rings. The lowest BCUT2D eigenvalue weighted by atomic mass is 10.0. The molecule has 0 radical (unpaired) electrons. The van der Waals surface area contributed by atoms with E-state index in [1.807, 2.05) is 0 Å². The molecule has 0 aliphatic carbocycles. The summed E-state index contributed by atoms with van der Waals surface area (Å²) in [6, 6.07) is 27.9. The van der Waals surface area contributed by atoms with Gasteiger partial charge >= 0.3 is 0 Å². The van der Waals surface area contributed by atoms with Gasteiger partial charge in [0.1, 0.15) is 0 Å². The monoisotopic (exact) mass is 371 g/mol. The van der Waals surface area contributed by atoms with Crippen molar-refractivity contribution in [2.24, 2.45) is 0 Å². The zero-order valence-corrected chi connectivity index (χ0v) is 14.5. The molecule has 0 amide bonds. The second-order valence-electron chi connectivity index (χ2n) is 6.07. The Hall–Kier alpha value is -2.58. The predicted octanol–water partition coefficient (Wildman–Crippen LogP) is 6.90. The lowest BCUT2D eigenvalue weighted by Crippen LogP contribution is -1.80. The standard InChI is InChI=1S/C22H14BrN/c23-16-7-3-6-15(13-16)18-9-4-10-19-20-12-11-14-5-1-2-8-17(14)21(20)24-22(18)19/h1-13,24H. The van der Waals surface area contributed by atoms with Crippen LogP contribution in [0.2, 0.25) is 0 Å². The van der Waals surface area contributed by atoms with Crippen molar-refractivity contribution in [3.63, 3.8) is 0 Å². The Morgan fingerprint density at radius 1 is 0.625 bits per heavy atom. The minimum absolute atomic E-state index is 1.10. The second kappa shape index (κ2) is 5.22. The Kier molecular flexibility index (Phi) is 3.00. The van der Waals surface area contributed by atoms with E-state index in [1.54, 1.807) is 0 Å². The SMILES string of the molecule is Brc1cccc(-c2cccc3c2[nH]c2c4ccccc4ccc32)c1. The Bertz CT molecular complexity index is 1220. The van der Waals surface area contributed by atoms with Crippen LogP contribution in [0.15, 0.2) is 83.3 Å². The van der Waals surface area contributed by atoms with Crippen LogP contribution in [0.3, 0.4) is 0 Å². The van der Waals surface area contributed by atoms with Crippen LogP contribution in [-0.4, -0.2) is 4.98 Å². The Morgan fingerprint density at radius 3 is 2.33 bits per heavy atom. The third-order valence-corrected chi connectivity index (χ3v) is 5.16. The van der Waals surface area contributed by atoms with Crippen LogP contribution in [0.5, 0.6) is 0 Å². The van der Waals surface area contributed by atoms with Crippen LogP contribution in [0, 0.1) is 0 Å². The molecule has 0 saturated heterocycles. The van der Waals surface area contributed by atoms with Crippen molar-refractivity contribution in [1.82, 2.24) is 4.98 Å². The molecule has 0 unspecified atom stereocenters. The minimum Gasteiger partial charge on any atom is -0.353 e. The zero-order chi connectivity index (χ0) is 16.1. The summed E-state index contributed by atoms with van der Waals surface area (Å²) >= 11 is 3.58. The molecule has 5 aromatic rings. The molecule has 0 bridgehead atoms. The summed E-state index contributed by atoms with van der Waals surface area (Å²) in [5.74, 6) is 0. The van der Waals surface area contributed by atoms with Gasteiger partial charge in [0.2, 0.25) is 0 Å². The molecule has 114 valence electrons. The van der Waals surface area contributed by atoms with Crippen molar-refractivity contribution in [2.75, 3.05) is 0 Å². The lowest BCUT2D eigenvalue weighted by molar-refractivity contribution is 1.54. The molecule has 0 spiro atoms. The lowest BCUT2D eigenvalue weighted by Gasteiger charge is -2.04. The molecule has 1 aromatic heterocycles. The molecular formula is C22H14BrN. The first kappa shape index (κ1) is 13.8. The average Bonchev–Trinajstić information content (AvgIpc) is 3.01. The Morgan fingerprint density at radius 2 is 1.42 bits per heavy atom. The van der Waals surface area contributed by atoms with Crippen LogP contribution < -0.4 is 0 Å². The highest BCUT2D eigenvalue weighted by atomic mass is 79.9. The van der Waals surface area contributed by atoms with E-state index in [9.17, 15) is 0 Å². The maximum atomic E-state index is 3.69. The summed E-state index contributed by atoms with van der Waals surface area (Å²) in [6.45, 7) is 0. The fraction of sp³-hybridized carbons (Fsp3) is 0. The van der Waals surface area contributed by atoms with E-state index < -0.39 is 0 Å². The molecular weight excluding hydrogens is 358 g/mol. The van der Waals surface area contributed by atoms with Gasteiger partial charge in [-0.1, -0.05) is 82.7 Å². The summed E-state index contributed by atoms with van der Waals surface area (Å²) in [5, 5.41) is 5.08. The first-order chi connectivity index (χ1) is 11.8. The maximum Gasteiger partial charge on any atom is 0.0544 e. The molecule has 5 rings (SSSR count). The van der Waals surface area contributed by atoms with E-state index in [-0.39, 0.29) is 0 Å². The number of H-pyrrole nitrogens is 1. The second-order valence-corrected chi connectivity index (χ2v) is 6.99. The summed E-state index contributed by atoms with van der Waals surface area (Å²) in [5.41, 5.74) is 4.85. The van der Waals surface area contributed by atoms with E-state index in [0.717, 1.165) is 4.47 Å². The number of benzene rings is 4. The highest BCUT2D eigenvalue weighted by molar-refractivity contribution is 9.10. The van der Waals surface area contributed by atoms with Gasteiger partial charge in [-0.25, -0.2) is 0 Å². The van der Waals surface area contributed by atoms with Gasteiger partial charge < -0.3 is 4.98 Å². The largest absolute Gasteiger partial charge is 0.353 e. The Labute approximate surface area is 148 Å². The van der Waals surface area contributed by atoms with Crippen LogP contribution in [0.4, 0.5) is 0 Å². The molecule has 0 atom stereocenters. The van der Waals surface area contributed by atoms with Crippen molar-refractivity contribution in [2.45, 2.75) is 0 Å². The summed E-state index contributed by atoms with van der Waals surface area (Å²) in [4.78, 5) is 3.69. The van der Waals surface area contributed by atoms with Crippen LogP contribution in [-0.2, 0) is 0 Å². The molecule has 0 aliphatic rings. The summed E-state index contributed by atoms with van der Waals surface area (Å²) in [6.07, 6.45) is 0. The van der Waals surface area contributed by atoms with Gasteiger partial charge in [-0.05, 0) is 23.1 Å². The van der Waals surface area contributed by atoms with E-state index in [4.69, 9.17) is 0 Å². The normalized spacial score (nSPS) is 11.5. The molecule has 0 aliphatic heterocycles. The molecule has 1 nitrogen and oxygen atoms in total. The molecule has 1 heterocycles. The first-order valence-corrected chi connectivity index (χ1v) is 8.79. The molecule has 24 heavy (non-hydrogen) atoms. The number of hydrogen-bond acceptors (Lipinski definition) is 0. The number of rotatable bonds is 1. The number of nitrogens with one attached hydrogen (secondary N) is 1. The zero-order valence-electron chi connectivity index (χ0n) is 12.9. The maximum absolute atomic E-state index is 3.69. The summed E-state index contributed by atoms with van der Waals surface area (Å²) in [7, 11) is 0. The van der Waals surface area contributed by atoms with Gasteiger partial charge in [0.05, 0.1) is 11.0 Å². The van der Waals surface area contributed by atoms with Crippen molar-refractivity contribution < 1.29 is 0 Å². The number of hydrogen-bond donors (Lipinski definition) is 1. The van der Waals surface area contributed by atoms with Crippen LogP contribution >= 0.6 is 15.9 Å². The van der Waals surface area contributed by atoms with Crippen molar-refractivity contribution in [1.29, 1.82) is 0 Å². The number of aromatic amines is 1. The van der Waals surface area contributed by atoms with E-state index in [1.165, 1.54) is 43.7 Å². The van der Waals surface area contributed by atoms with E-state index >= 15 is 0 Å². The van der Waals surface area contributed by atoms with Gasteiger partial charge in [0.15, 0.2) is 0 Å². The number of halogens is 1. The predicted molar refractivity (Wildman–Crippen MR) is 106 cm³/mol.